The molecule has 0 saturated heterocycles. The highest BCUT2D eigenvalue weighted by atomic mass is 16.1. The predicted molar refractivity (Wildman–Crippen MR) is 36.8 cm³/mol. The predicted octanol–water partition coefficient (Wildman–Crippen LogP) is 0.238. The molecule has 1 radical (unpaired) electrons. The molecule has 0 aliphatic rings. The Morgan fingerprint density at radius 1 is 1.50 bits per heavy atom. The lowest BCUT2D eigenvalue weighted by Crippen LogP contribution is -2.09. The number of rotatable bonds is 3. The highest BCUT2D eigenvalue weighted by molar-refractivity contribution is 5.47. The minimum Gasteiger partial charge on any atom is -0.344 e. The average molecular weight is 135 g/mol. The number of carbonyl (C=O) groups excluding carboxylic acids is 1. The van der Waals surface area contributed by atoms with E-state index in [0.717, 1.165) is 5.56 Å². The highest BCUT2D eigenvalue weighted by Gasteiger charge is 1.86. The molecule has 0 aliphatic heterocycles. The summed E-state index contributed by atoms with van der Waals surface area (Å²) in [7, 11) is 0. The summed E-state index contributed by atoms with van der Waals surface area (Å²) in [6.07, 6.45) is 4.96. The van der Waals surface area contributed by atoms with Crippen molar-refractivity contribution in [1.82, 2.24) is 10.3 Å². The molecule has 0 spiro atoms. The van der Waals surface area contributed by atoms with Gasteiger partial charge in [-0.15, -0.1) is 0 Å². The maximum absolute atomic E-state index is 9.73. The third-order valence-electron chi connectivity index (χ3n) is 1.11. The Morgan fingerprint density at radius 2 is 2.20 bits per heavy atom. The molecule has 0 saturated carbocycles. The second-order valence-corrected chi connectivity index (χ2v) is 1.81. The zero-order chi connectivity index (χ0) is 7.23. The first-order valence-electron chi connectivity index (χ1n) is 2.92. The summed E-state index contributed by atoms with van der Waals surface area (Å²) >= 11 is 0. The Bertz CT molecular complexity index is 198. The molecule has 3 heteroatoms. The Hall–Kier alpha value is -1.38. The number of nitrogens with one attached hydrogen (secondary N) is 1. The van der Waals surface area contributed by atoms with Crippen LogP contribution in [0.5, 0.6) is 0 Å². The van der Waals surface area contributed by atoms with E-state index >= 15 is 0 Å². The molecular formula is C7H7N2O. The van der Waals surface area contributed by atoms with Gasteiger partial charge in [0.15, 0.2) is 0 Å². The minimum absolute atomic E-state index is 0.520. The van der Waals surface area contributed by atoms with Crippen molar-refractivity contribution in [2.75, 3.05) is 0 Å². The quantitative estimate of drug-likeness (QED) is 0.603. The standard InChI is InChI=1S/C7H7N2O/c10-6-9-5-7-1-3-8-4-2-7/h1-4H,5H2,(H,9,10). The Labute approximate surface area is 59.1 Å². The second-order valence-electron chi connectivity index (χ2n) is 1.81. The van der Waals surface area contributed by atoms with Gasteiger partial charge in [-0.05, 0) is 17.7 Å². The number of nitrogens with zero attached hydrogens (tertiary/aromatic N) is 1. The van der Waals surface area contributed by atoms with Crippen LogP contribution in [-0.4, -0.2) is 11.4 Å². The summed E-state index contributed by atoms with van der Waals surface area (Å²) in [5.74, 6) is 0. The van der Waals surface area contributed by atoms with Gasteiger partial charge in [0.1, 0.15) is 0 Å². The molecule has 1 aromatic heterocycles. The van der Waals surface area contributed by atoms with Gasteiger partial charge in [0.25, 0.3) is 0 Å². The van der Waals surface area contributed by atoms with Gasteiger partial charge < -0.3 is 5.32 Å². The molecule has 51 valence electrons. The second kappa shape index (κ2) is 3.61. The van der Waals surface area contributed by atoms with E-state index in [-0.39, 0.29) is 0 Å². The van der Waals surface area contributed by atoms with Gasteiger partial charge in [-0.2, -0.15) is 0 Å². The molecule has 10 heavy (non-hydrogen) atoms. The van der Waals surface area contributed by atoms with E-state index < -0.39 is 0 Å². The summed E-state index contributed by atoms with van der Waals surface area (Å²) in [6.45, 7) is 0.520. The van der Waals surface area contributed by atoms with Gasteiger partial charge in [0.2, 0.25) is 0 Å². The van der Waals surface area contributed by atoms with Crippen molar-refractivity contribution in [3.8, 4) is 0 Å². The Kier molecular flexibility index (Phi) is 2.43. The van der Waals surface area contributed by atoms with E-state index in [2.05, 4.69) is 10.3 Å². The van der Waals surface area contributed by atoms with Crippen LogP contribution in [0.4, 0.5) is 0 Å². The van der Waals surface area contributed by atoms with Crippen LogP contribution in [0.15, 0.2) is 24.5 Å². The largest absolute Gasteiger partial charge is 0.344 e. The number of aromatic nitrogens is 1. The fourth-order valence-corrected chi connectivity index (χ4v) is 0.639. The summed E-state index contributed by atoms with van der Waals surface area (Å²) in [6, 6.07) is 3.68. The first-order valence-corrected chi connectivity index (χ1v) is 2.92. The topological polar surface area (TPSA) is 42.0 Å². The van der Waals surface area contributed by atoms with Crippen LogP contribution < -0.4 is 5.32 Å². The van der Waals surface area contributed by atoms with Crippen molar-refractivity contribution in [2.45, 2.75) is 6.54 Å². The highest BCUT2D eigenvalue weighted by Crippen LogP contribution is 1.93. The van der Waals surface area contributed by atoms with Crippen LogP contribution in [0.3, 0.4) is 0 Å². The third-order valence-corrected chi connectivity index (χ3v) is 1.11. The van der Waals surface area contributed by atoms with Crippen molar-refractivity contribution in [1.29, 1.82) is 0 Å². The maximum Gasteiger partial charge on any atom is 0.309 e. The van der Waals surface area contributed by atoms with Gasteiger partial charge >= 0.3 is 6.41 Å². The first kappa shape index (κ1) is 6.74. The molecule has 1 N–H and O–H groups in total. The van der Waals surface area contributed by atoms with E-state index in [1.165, 1.54) is 0 Å². The van der Waals surface area contributed by atoms with Crippen molar-refractivity contribution in [3.63, 3.8) is 0 Å². The smallest absolute Gasteiger partial charge is 0.309 e. The number of hydrogen-bond donors (Lipinski definition) is 1. The Morgan fingerprint density at radius 3 is 2.80 bits per heavy atom. The van der Waals surface area contributed by atoms with Crippen molar-refractivity contribution < 1.29 is 4.79 Å². The SMILES string of the molecule is O=[C]NCc1ccncc1. The van der Waals surface area contributed by atoms with Crippen LogP contribution in [0, 0.1) is 0 Å². The molecule has 0 aromatic carbocycles. The van der Waals surface area contributed by atoms with Crippen LogP contribution in [0.1, 0.15) is 5.56 Å². The Balaban J connectivity index is 2.50. The van der Waals surface area contributed by atoms with Gasteiger partial charge in [0, 0.05) is 18.9 Å². The molecule has 1 amide bonds. The normalized spacial score (nSPS) is 8.80. The lowest BCUT2D eigenvalue weighted by molar-refractivity contribution is 0.542. The maximum atomic E-state index is 9.73. The average Bonchev–Trinajstić information content (AvgIpc) is 2.03. The summed E-state index contributed by atoms with van der Waals surface area (Å²) in [5, 5.41) is 2.43. The summed E-state index contributed by atoms with van der Waals surface area (Å²) in [5.41, 5.74) is 1.03. The lowest BCUT2D eigenvalue weighted by Gasteiger charge is -1.95. The fraction of sp³-hybridized carbons (Fsp3) is 0.143. The molecule has 0 bridgehead atoms. The molecular weight excluding hydrogens is 128 g/mol. The molecule has 3 nitrogen and oxygen atoms in total. The zero-order valence-corrected chi connectivity index (χ0v) is 5.37. The summed E-state index contributed by atoms with van der Waals surface area (Å²) in [4.78, 5) is 13.6. The van der Waals surface area contributed by atoms with Gasteiger partial charge in [-0.1, -0.05) is 0 Å². The molecule has 0 atom stereocenters. The van der Waals surface area contributed by atoms with Crippen molar-refractivity contribution in [2.24, 2.45) is 0 Å². The lowest BCUT2D eigenvalue weighted by atomic mass is 10.3. The summed E-state index contributed by atoms with van der Waals surface area (Å²) < 4.78 is 0. The van der Waals surface area contributed by atoms with E-state index in [1.807, 2.05) is 12.1 Å². The number of pyridine rings is 1. The van der Waals surface area contributed by atoms with Gasteiger partial charge in [-0.3, -0.25) is 9.78 Å². The molecule has 0 fully saturated rings. The first-order chi connectivity index (χ1) is 4.93. The van der Waals surface area contributed by atoms with E-state index in [1.54, 1.807) is 18.8 Å². The third kappa shape index (κ3) is 1.85. The van der Waals surface area contributed by atoms with Crippen LogP contribution in [-0.2, 0) is 11.3 Å². The van der Waals surface area contributed by atoms with Gasteiger partial charge in [0.05, 0.1) is 0 Å². The minimum atomic E-state index is 0.520. The molecule has 1 aromatic rings. The molecule has 0 unspecified atom stereocenters. The number of hydrogen-bond acceptors (Lipinski definition) is 2. The fourth-order valence-electron chi connectivity index (χ4n) is 0.639. The van der Waals surface area contributed by atoms with E-state index in [4.69, 9.17) is 0 Å². The van der Waals surface area contributed by atoms with E-state index in [0.29, 0.717) is 6.54 Å². The van der Waals surface area contributed by atoms with E-state index in [9.17, 15) is 4.79 Å². The van der Waals surface area contributed by atoms with Gasteiger partial charge in [-0.25, -0.2) is 0 Å². The number of amides is 1. The van der Waals surface area contributed by atoms with Crippen LogP contribution >= 0.6 is 0 Å². The van der Waals surface area contributed by atoms with Crippen LogP contribution in [0.25, 0.3) is 0 Å². The molecule has 0 aliphatic carbocycles. The molecule has 1 rings (SSSR count). The van der Waals surface area contributed by atoms with Crippen LogP contribution in [0.2, 0.25) is 0 Å². The van der Waals surface area contributed by atoms with Crippen molar-refractivity contribution in [3.05, 3.63) is 30.1 Å². The molecule has 1 heterocycles. The monoisotopic (exact) mass is 135 g/mol. The van der Waals surface area contributed by atoms with Crippen molar-refractivity contribution >= 4 is 6.41 Å². The zero-order valence-electron chi connectivity index (χ0n) is 5.37.